The lowest BCUT2D eigenvalue weighted by atomic mass is 10.1. The molecule has 0 unspecified atom stereocenters. The number of ether oxygens (including phenoxy) is 1. The van der Waals surface area contributed by atoms with Crippen molar-refractivity contribution in [1.82, 2.24) is 4.57 Å². The van der Waals surface area contributed by atoms with Gasteiger partial charge in [0.05, 0.1) is 5.69 Å². The first kappa shape index (κ1) is 13.5. The van der Waals surface area contributed by atoms with Crippen LogP contribution < -0.4 is 4.74 Å². The molecule has 1 aromatic heterocycles. The van der Waals surface area contributed by atoms with Gasteiger partial charge >= 0.3 is 0 Å². The number of hydrogen-bond donors (Lipinski definition) is 0. The monoisotopic (exact) mass is 277 g/mol. The third-order valence-electron chi connectivity index (χ3n) is 3.57. The largest absolute Gasteiger partial charge is 0.488 e. The molecule has 2 aromatic carbocycles. The van der Waals surface area contributed by atoms with Crippen molar-refractivity contribution in [3.05, 3.63) is 78.5 Å². The molecule has 0 amide bonds. The average molecular weight is 277 g/mol. The Morgan fingerprint density at radius 2 is 1.62 bits per heavy atom. The van der Waals surface area contributed by atoms with Crippen LogP contribution in [0.25, 0.3) is 11.3 Å². The maximum atomic E-state index is 6.03. The number of para-hydroxylation sites is 1. The van der Waals surface area contributed by atoms with Crippen molar-refractivity contribution < 1.29 is 4.74 Å². The second kappa shape index (κ2) is 6.31. The van der Waals surface area contributed by atoms with Gasteiger partial charge in [0, 0.05) is 18.3 Å². The van der Waals surface area contributed by atoms with Crippen LogP contribution in [-0.4, -0.2) is 4.57 Å². The molecule has 0 aliphatic rings. The van der Waals surface area contributed by atoms with Gasteiger partial charge < -0.3 is 9.30 Å². The molecule has 0 bridgehead atoms. The Bertz CT molecular complexity index is 700. The lowest BCUT2D eigenvalue weighted by Gasteiger charge is -2.13. The molecule has 3 rings (SSSR count). The minimum Gasteiger partial charge on any atom is -0.488 e. The molecule has 0 saturated heterocycles. The molecular formula is C19H19NO. The average Bonchev–Trinajstić information content (AvgIpc) is 3.02. The first-order valence-electron chi connectivity index (χ1n) is 7.29. The Hall–Kier alpha value is -2.48. The zero-order chi connectivity index (χ0) is 14.5. The standard InChI is InChI=1S/C19H19NO/c1-2-20-14-8-12-18(20)17-11-6-7-13-19(17)21-15-16-9-4-3-5-10-16/h3-14H,2,15H2,1H3. The third kappa shape index (κ3) is 3.00. The van der Waals surface area contributed by atoms with E-state index in [1.54, 1.807) is 0 Å². The molecule has 0 fully saturated rings. The van der Waals surface area contributed by atoms with Crippen LogP contribution >= 0.6 is 0 Å². The number of aryl methyl sites for hydroxylation is 1. The maximum absolute atomic E-state index is 6.03. The number of aromatic nitrogens is 1. The summed E-state index contributed by atoms with van der Waals surface area (Å²) in [5.74, 6) is 0.926. The van der Waals surface area contributed by atoms with E-state index in [1.807, 2.05) is 30.3 Å². The van der Waals surface area contributed by atoms with Gasteiger partial charge in [0.15, 0.2) is 0 Å². The molecule has 0 spiro atoms. The normalized spacial score (nSPS) is 10.5. The summed E-state index contributed by atoms with van der Waals surface area (Å²) < 4.78 is 8.26. The molecule has 0 aliphatic carbocycles. The van der Waals surface area contributed by atoms with Gasteiger partial charge in [0.25, 0.3) is 0 Å². The van der Waals surface area contributed by atoms with E-state index in [1.165, 1.54) is 11.3 Å². The number of nitrogens with zero attached hydrogens (tertiary/aromatic N) is 1. The lowest BCUT2D eigenvalue weighted by Crippen LogP contribution is -1.99. The van der Waals surface area contributed by atoms with Crippen LogP contribution in [-0.2, 0) is 13.2 Å². The van der Waals surface area contributed by atoms with Crippen LogP contribution in [0.5, 0.6) is 5.75 Å². The van der Waals surface area contributed by atoms with E-state index >= 15 is 0 Å². The van der Waals surface area contributed by atoms with Crippen molar-refractivity contribution >= 4 is 0 Å². The highest BCUT2D eigenvalue weighted by molar-refractivity contribution is 5.67. The number of hydrogen-bond acceptors (Lipinski definition) is 1. The molecule has 21 heavy (non-hydrogen) atoms. The van der Waals surface area contributed by atoms with E-state index in [2.05, 4.69) is 54.1 Å². The van der Waals surface area contributed by atoms with E-state index in [4.69, 9.17) is 4.74 Å². The Balaban J connectivity index is 1.86. The molecule has 2 heteroatoms. The van der Waals surface area contributed by atoms with Gasteiger partial charge in [0.2, 0.25) is 0 Å². The zero-order valence-corrected chi connectivity index (χ0v) is 12.2. The van der Waals surface area contributed by atoms with Crippen LogP contribution in [0.4, 0.5) is 0 Å². The summed E-state index contributed by atoms with van der Waals surface area (Å²) in [4.78, 5) is 0. The SMILES string of the molecule is CCn1cccc1-c1ccccc1OCc1ccccc1. The van der Waals surface area contributed by atoms with Crippen LogP contribution in [0, 0.1) is 0 Å². The first-order chi connectivity index (χ1) is 10.4. The fourth-order valence-corrected chi connectivity index (χ4v) is 2.47. The second-order valence-corrected chi connectivity index (χ2v) is 4.95. The van der Waals surface area contributed by atoms with Gasteiger partial charge in [-0.3, -0.25) is 0 Å². The first-order valence-corrected chi connectivity index (χ1v) is 7.29. The highest BCUT2D eigenvalue weighted by atomic mass is 16.5. The van der Waals surface area contributed by atoms with Gasteiger partial charge in [-0.1, -0.05) is 42.5 Å². The highest BCUT2D eigenvalue weighted by Crippen LogP contribution is 2.30. The van der Waals surface area contributed by atoms with E-state index in [0.29, 0.717) is 6.61 Å². The quantitative estimate of drug-likeness (QED) is 0.656. The van der Waals surface area contributed by atoms with E-state index in [0.717, 1.165) is 17.9 Å². The van der Waals surface area contributed by atoms with Crippen LogP contribution in [0.3, 0.4) is 0 Å². The van der Waals surface area contributed by atoms with Crippen molar-refractivity contribution in [2.45, 2.75) is 20.1 Å². The molecule has 1 heterocycles. The fourth-order valence-electron chi connectivity index (χ4n) is 2.47. The predicted molar refractivity (Wildman–Crippen MR) is 86.3 cm³/mol. The van der Waals surface area contributed by atoms with Crippen LogP contribution in [0.2, 0.25) is 0 Å². The Kier molecular flexibility index (Phi) is 4.06. The van der Waals surface area contributed by atoms with Crippen molar-refractivity contribution in [3.63, 3.8) is 0 Å². The van der Waals surface area contributed by atoms with Crippen LogP contribution in [0.1, 0.15) is 12.5 Å². The second-order valence-electron chi connectivity index (χ2n) is 4.95. The topological polar surface area (TPSA) is 14.2 Å². The minimum atomic E-state index is 0.588. The Morgan fingerprint density at radius 3 is 2.43 bits per heavy atom. The molecule has 3 aromatic rings. The van der Waals surface area contributed by atoms with Gasteiger partial charge in [-0.2, -0.15) is 0 Å². The molecule has 0 radical (unpaired) electrons. The van der Waals surface area contributed by atoms with Gasteiger partial charge in [0.1, 0.15) is 12.4 Å². The maximum Gasteiger partial charge on any atom is 0.129 e. The number of rotatable bonds is 5. The Morgan fingerprint density at radius 1 is 0.857 bits per heavy atom. The molecule has 0 aliphatic heterocycles. The summed E-state index contributed by atoms with van der Waals surface area (Å²) >= 11 is 0. The molecule has 0 N–H and O–H groups in total. The van der Waals surface area contributed by atoms with Crippen molar-refractivity contribution in [2.24, 2.45) is 0 Å². The highest BCUT2D eigenvalue weighted by Gasteiger charge is 2.09. The van der Waals surface area contributed by atoms with E-state index < -0.39 is 0 Å². The van der Waals surface area contributed by atoms with Crippen molar-refractivity contribution in [1.29, 1.82) is 0 Å². The zero-order valence-electron chi connectivity index (χ0n) is 12.2. The summed E-state index contributed by atoms with van der Waals surface area (Å²) in [6.07, 6.45) is 2.10. The number of benzene rings is 2. The van der Waals surface area contributed by atoms with Gasteiger partial charge in [-0.05, 0) is 36.8 Å². The van der Waals surface area contributed by atoms with Crippen molar-refractivity contribution in [3.8, 4) is 17.0 Å². The summed E-state index contributed by atoms with van der Waals surface area (Å²) in [6.45, 7) is 3.69. The minimum absolute atomic E-state index is 0.588. The third-order valence-corrected chi connectivity index (χ3v) is 3.57. The summed E-state index contributed by atoms with van der Waals surface area (Å²) in [5, 5.41) is 0. The Labute approximate surface area is 125 Å². The van der Waals surface area contributed by atoms with E-state index in [9.17, 15) is 0 Å². The smallest absolute Gasteiger partial charge is 0.129 e. The van der Waals surface area contributed by atoms with Crippen molar-refractivity contribution in [2.75, 3.05) is 0 Å². The van der Waals surface area contributed by atoms with Crippen LogP contribution in [0.15, 0.2) is 72.9 Å². The molecule has 2 nitrogen and oxygen atoms in total. The lowest BCUT2D eigenvalue weighted by molar-refractivity contribution is 0.307. The summed E-state index contributed by atoms with van der Waals surface area (Å²) in [5.41, 5.74) is 3.51. The molecule has 0 saturated carbocycles. The summed E-state index contributed by atoms with van der Waals surface area (Å²) in [7, 11) is 0. The van der Waals surface area contributed by atoms with E-state index in [-0.39, 0.29) is 0 Å². The van der Waals surface area contributed by atoms with Gasteiger partial charge in [-0.25, -0.2) is 0 Å². The predicted octanol–water partition coefficient (Wildman–Crippen LogP) is 4.75. The summed E-state index contributed by atoms with van der Waals surface area (Å²) in [6, 6.07) is 22.7. The van der Waals surface area contributed by atoms with Gasteiger partial charge in [-0.15, -0.1) is 0 Å². The molecule has 0 atom stereocenters. The fraction of sp³-hybridized carbons (Fsp3) is 0.158. The molecular weight excluding hydrogens is 258 g/mol. The molecule has 106 valence electrons.